The van der Waals surface area contributed by atoms with Crippen molar-refractivity contribution in [1.82, 2.24) is 4.90 Å². The van der Waals surface area contributed by atoms with Crippen LogP contribution in [-0.4, -0.2) is 24.0 Å². The minimum absolute atomic E-state index is 0.793. The summed E-state index contributed by atoms with van der Waals surface area (Å²) < 4.78 is 0. The normalized spacial score (nSPS) is 68.2. The van der Waals surface area contributed by atoms with Crippen LogP contribution in [0.5, 0.6) is 0 Å². The highest BCUT2D eigenvalue weighted by Gasteiger charge is 2.80. The molecule has 0 aromatic heterocycles. The van der Waals surface area contributed by atoms with E-state index in [-0.39, 0.29) is 0 Å². The SMILES string of the molecule is CC(C)N1C[C@@H]2C3C4CC5C3C5C4[C@@H]2C1. The minimum Gasteiger partial charge on any atom is -0.300 e. The number of rotatable bonds is 1. The Morgan fingerprint density at radius 1 is 0.800 bits per heavy atom. The maximum atomic E-state index is 2.76. The number of hydrogen-bond donors (Lipinski definition) is 0. The summed E-state index contributed by atoms with van der Waals surface area (Å²) in [6, 6.07) is 0.793. The van der Waals surface area contributed by atoms with Crippen molar-refractivity contribution < 1.29 is 0 Å². The second-order valence-corrected chi connectivity index (χ2v) is 7.25. The number of fused-ring (bicyclic) bond motifs is 1. The van der Waals surface area contributed by atoms with Gasteiger partial charge in [0.15, 0.2) is 0 Å². The Hall–Kier alpha value is -0.0400. The molecule has 5 aliphatic carbocycles. The van der Waals surface area contributed by atoms with Gasteiger partial charge < -0.3 is 4.90 Å². The highest BCUT2D eigenvalue weighted by atomic mass is 15.2. The molecule has 6 bridgehead atoms. The van der Waals surface area contributed by atoms with Gasteiger partial charge in [-0.2, -0.15) is 0 Å². The molecule has 0 radical (unpaired) electrons. The molecule has 0 amide bonds. The van der Waals surface area contributed by atoms with E-state index >= 15 is 0 Å². The lowest BCUT2D eigenvalue weighted by atomic mass is 9.82. The highest BCUT2D eigenvalue weighted by Crippen LogP contribution is 2.84. The van der Waals surface area contributed by atoms with Crippen LogP contribution in [0.15, 0.2) is 0 Å². The van der Waals surface area contributed by atoms with Crippen LogP contribution in [0.25, 0.3) is 0 Å². The molecule has 8 atom stereocenters. The molecule has 1 aliphatic heterocycles. The maximum absolute atomic E-state index is 2.76. The van der Waals surface area contributed by atoms with Gasteiger partial charge in [0.1, 0.15) is 0 Å². The first kappa shape index (κ1) is 8.11. The van der Waals surface area contributed by atoms with Crippen LogP contribution in [0.1, 0.15) is 20.3 Å². The molecule has 0 aromatic carbocycles. The predicted octanol–water partition coefficient (Wildman–Crippen LogP) is 2.08. The van der Waals surface area contributed by atoms with Crippen molar-refractivity contribution in [3.05, 3.63) is 0 Å². The third-order valence-electron chi connectivity index (χ3n) is 6.87. The third-order valence-corrected chi connectivity index (χ3v) is 6.87. The molecular formula is C14H21N. The predicted molar refractivity (Wildman–Crippen MR) is 59.2 cm³/mol. The molecule has 1 saturated heterocycles. The molecule has 6 fully saturated rings. The van der Waals surface area contributed by atoms with Crippen LogP contribution in [0, 0.1) is 47.3 Å². The van der Waals surface area contributed by atoms with E-state index in [1.54, 1.807) is 6.42 Å². The van der Waals surface area contributed by atoms with Crippen molar-refractivity contribution in [3.8, 4) is 0 Å². The summed E-state index contributed by atoms with van der Waals surface area (Å²) in [5, 5.41) is 0. The summed E-state index contributed by atoms with van der Waals surface area (Å²) in [6.07, 6.45) is 1.65. The molecule has 15 heavy (non-hydrogen) atoms. The molecule has 82 valence electrons. The van der Waals surface area contributed by atoms with E-state index in [2.05, 4.69) is 18.7 Å². The van der Waals surface area contributed by atoms with Gasteiger partial charge in [0.2, 0.25) is 0 Å². The zero-order chi connectivity index (χ0) is 9.89. The van der Waals surface area contributed by atoms with Crippen LogP contribution in [-0.2, 0) is 0 Å². The monoisotopic (exact) mass is 203 g/mol. The molecule has 6 unspecified atom stereocenters. The third kappa shape index (κ3) is 0.686. The van der Waals surface area contributed by atoms with Crippen molar-refractivity contribution in [2.45, 2.75) is 26.3 Å². The van der Waals surface area contributed by atoms with Crippen molar-refractivity contribution in [2.24, 2.45) is 47.3 Å². The van der Waals surface area contributed by atoms with E-state index < -0.39 is 0 Å². The Labute approximate surface area is 92.2 Å². The molecule has 0 N–H and O–H groups in total. The summed E-state index contributed by atoms with van der Waals surface area (Å²) in [4.78, 5) is 2.76. The first-order valence-electron chi connectivity index (χ1n) is 7.01. The molecule has 5 saturated carbocycles. The number of hydrogen-bond acceptors (Lipinski definition) is 1. The Bertz CT molecular complexity index is 310. The Balaban J connectivity index is 1.51. The lowest BCUT2D eigenvalue weighted by Crippen LogP contribution is -2.30. The standard InChI is InChI=1S/C14H21N/c1-6(2)15-4-9-10(5-15)12-7-3-8-13(11(7)9)14(8)12/h6-14H,3-5H2,1-2H3/t7?,8?,9-,10+,11?,12?,13?,14?. The lowest BCUT2D eigenvalue weighted by molar-refractivity contribution is 0.226. The van der Waals surface area contributed by atoms with Crippen molar-refractivity contribution >= 4 is 0 Å². The second-order valence-electron chi connectivity index (χ2n) is 7.25. The van der Waals surface area contributed by atoms with E-state index in [1.807, 2.05) is 0 Å². The lowest BCUT2D eigenvalue weighted by Gasteiger charge is -2.23. The first-order chi connectivity index (χ1) is 7.27. The zero-order valence-electron chi connectivity index (χ0n) is 9.76. The largest absolute Gasteiger partial charge is 0.300 e. The van der Waals surface area contributed by atoms with Gasteiger partial charge in [0.05, 0.1) is 0 Å². The summed E-state index contributed by atoms with van der Waals surface area (Å²) in [5.41, 5.74) is 0. The minimum atomic E-state index is 0.793. The molecule has 1 heterocycles. The van der Waals surface area contributed by atoms with Crippen LogP contribution in [0.2, 0.25) is 0 Å². The fraction of sp³-hybridized carbons (Fsp3) is 1.00. The quantitative estimate of drug-likeness (QED) is 0.631. The average molecular weight is 203 g/mol. The van der Waals surface area contributed by atoms with Crippen LogP contribution in [0.4, 0.5) is 0 Å². The second kappa shape index (κ2) is 2.16. The van der Waals surface area contributed by atoms with Crippen LogP contribution < -0.4 is 0 Å². The first-order valence-corrected chi connectivity index (χ1v) is 7.01. The number of likely N-dealkylation sites (tertiary alicyclic amines) is 1. The summed E-state index contributed by atoms with van der Waals surface area (Å²) in [6.45, 7) is 7.67. The van der Waals surface area contributed by atoms with Gasteiger partial charge in [-0.05, 0) is 67.6 Å². The highest BCUT2D eigenvalue weighted by molar-refractivity contribution is 5.28. The van der Waals surface area contributed by atoms with Crippen LogP contribution >= 0.6 is 0 Å². The molecule has 1 heteroatoms. The van der Waals surface area contributed by atoms with Gasteiger partial charge in [-0.1, -0.05) is 0 Å². The molecule has 0 spiro atoms. The van der Waals surface area contributed by atoms with Gasteiger partial charge in [-0.3, -0.25) is 0 Å². The molecule has 1 nitrogen and oxygen atoms in total. The summed E-state index contributed by atoms with van der Waals surface area (Å²) >= 11 is 0. The number of nitrogens with zero attached hydrogens (tertiary/aromatic N) is 1. The van der Waals surface area contributed by atoms with Gasteiger partial charge in [-0.15, -0.1) is 0 Å². The van der Waals surface area contributed by atoms with Crippen molar-refractivity contribution in [3.63, 3.8) is 0 Å². The van der Waals surface area contributed by atoms with Gasteiger partial charge >= 0.3 is 0 Å². The van der Waals surface area contributed by atoms with E-state index in [9.17, 15) is 0 Å². The Morgan fingerprint density at radius 3 is 1.80 bits per heavy atom. The fourth-order valence-corrected chi connectivity index (χ4v) is 6.61. The Morgan fingerprint density at radius 2 is 1.33 bits per heavy atom. The zero-order valence-corrected chi connectivity index (χ0v) is 9.76. The summed E-state index contributed by atoms with van der Waals surface area (Å²) in [7, 11) is 0. The smallest absolute Gasteiger partial charge is 0.00388 e. The maximum Gasteiger partial charge on any atom is 0.00388 e. The van der Waals surface area contributed by atoms with Crippen LogP contribution in [0.3, 0.4) is 0 Å². The van der Waals surface area contributed by atoms with Crippen molar-refractivity contribution in [2.75, 3.05) is 13.1 Å². The summed E-state index contributed by atoms with van der Waals surface area (Å²) in [5.74, 6) is 9.63. The molecule has 0 aromatic rings. The van der Waals surface area contributed by atoms with E-state index in [1.165, 1.54) is 48.6 Å². The van der Waals surface area contributed by atoms with Gasteiger partial charge in [0.25, 0.3) is 0 Å². The van der Waals surface area contributed by atoms with Gasteiger partial charge in [0, 0.05) is 19.1 Å². The van der Waals surface area contributed by atoms with E-state index in [4.69, 9.17) is 0 Å². The molecular weight excluding hydrogens is 182 g/mol. The van der Waals surface area contributed by atoms with Gasteiger partial charge in [-0.25, -0.2) is 0 Å². The Kier molecular flexibility index (Phi) is 1.17. The molecule has 6 aliphatic rings. The van der Waals surface area contributed by atoms with E-state index in [0.717, 1.165) is 17.9 Å². The average Bonchev–Trinajstić information content (AvgIpc) is 2.73. The topological polar surface area (TPSA) is 3.24 Å². The fourth-order valence-electron chi connectivity index (χ4n) is 6.61. The van der Waals surface area contributed by atoms with E-state index in [0.29, 0.717) is 0 Å². The van der Waals surface area contributed by atoms with Crippen molar-refractivity contribution in [1.29, 1.82) is 0 Å². The molecule has 6 rings (SSSR count).